The fourth-order valence-electron chi connectivity index (χ4n) is 1.98. The number of ether oxygens (including phenoxy) is 3. The Kier molecular flexibility index (Phi) is 8.04. The van der Waals surface area contributed by atoms with Crippen molar-refractivity contribution in [1.29, 1.82) is 0 Å². The van der Waals surface area contributed by atoms with Gasteiger partial charge in [0.2, 0.25) is 0 Å². The molecule has 0 aliphatic carbocycles. The standard InChI is InChI=1S/C18H13F11O4/c1-31-10-6-8-11(9-7-10)33-12(4-3-5-13(30)32-2)14(19,20)15(21,22)16(23,24)17(25,26)18(27,28)29/h3-9H,1-2H3/b5-3+,12-4+. The highest BCUT2D eigenvalue weighted by atomic mass is 19.4. The van der Waals surface area contributed by atoms with Gasteiger partial charge in [0.15, 0.2) is 5.76 Å². The minimum Gasteiger partial charge on any atom is -0.497 e. The molecule has 0 amide bonds. The molecule has 33 heavy (non-hydrogen) atoms. The summed E-state index contributed by atoms with van der Waals surface area (Å²) in [5, 5.41) is 0. The second-order valence-electron chi connectivity index (χ2n) is 5.99. The molecule has 0 aliphatic heterocycles. The number of methoxy groups -OCH3 is 2. The molecule has 0 radical (unpaired) electrons. The Labute approximate surface area is 178 Å². The zero-order valence-corrected chi connectivity index (χ0v) is 16.3. The Hall–Kier alpha value is -3.00. The van der Waals surface area contributed by atoms with E-state index in [-0.39, 0.29) is 17.9 Å². The van der Waals surface area contributed by atoms with E-state index in [1.54, 1.807) is 0 Å². The highest BCUT2D eigenvalue weighted by Gasteiger charge is 2.88. The van der Waals surface area contributed by atoms with Crippen molar-refractivity contribution in [2.75, 3.05) is 14.2 Å². The maximum absolute atomic E-state index is 14.4. The lowest BCUT2D eigenvalue weighted by Crippen LogP contribution is -2.67. The fourth-order valence-corrected chi connectivity index (χ4v) is 1.98. The zero-order valence-electron chi connectivity index (χ0n) is 16.3. The summed E-state index contributed by atoms with van der Waals surface area (Å²) in [5.74, 6) is -33.4. The first kappa shape index (κ1) is 28.0. The second kappa shape index (κ2) is 9.47. The van der Waals surface area contributed by atoms with Crippen molar-refractivity contribution in [3.05, 3.63) is 48.3 Å². The van der Waals surface area contributed by atoms with E-state index in [1.807, 2.05) is 0 Å². The summed E-state index contributed by atoms with van der Waals surface area (Å²) < 4.78 is 160. The number of alkyl halides is 11. The van der Waals surface area contributed by atoms with E-state index in [2.05, 4.69) is 9.47 Å². The van der Waals surface area contributed by atoms with Gasteiger partial charge in [-0.25, -0.2) is 4.79 Å². The number of halogens is 11. The normalized spacial score (nSPS) is 14.4. The first-order valence-corrected chi connectivity index (χ1v) is 8.23. The van der Waals surface area contributed by atoms with Crippen molar-refractivity contribution in [3.63, 3.8) is 0 Å². The third-order valence-electron chi connectivity index (χ3n) is 3.82. The van der Waals surface area contributed by atoms with Crippen LogP contribution in [0.5, 0.6) is 11.5 Å². The molecule has 0 unspecified atom stereocenters. The van der Waals surface area contributed by atoms with Crippen LogP contribution in [-0.4, -0.2) is 50.1 Å². The SMILES string of the molecule is COC(=O)/C=C/C=C(/Oc1ccc(OC)cc1)C(F)(F)C(F)(F)C(F)(F)C(F)(F)C(F)(F)F. The number of carbonyl (C=O) groups is 1. The zero-order chi connectivity index (χ0) is 25.9. The summed E-state index contributed by atoms with van der Waals surface area (Å²) in [6.07, 6.45) is -6.97. The molecular weight excluding hydrogens is 489 g/mol. The van der Waals surface area contributed by atoms with Crippen molar-refractivity contribution in [3.8, 4) is 11.5 Å². The highest BCUT2D eigenvalue weighted by molar-refractivity contribution is 5.82. The van der Waals surface area contributed by atoms with Gasteiger partial charge in [-0.2, -0.15) is 48.3 Å². The third-order valence-corrected chi connectivity index (χ3v) is 3.82. The van der Waals surface area contributed by atoms with Crippen LogP contribution in [0, 0.1) is 0 Å². The number of allylic oxidation sites excluding steroid dienone is 3. The fraction of sp³-hybridized carbons (Fsp3) is 0.389. The average Bonchev–Trinajstić information content (AvgIpc) is 2.71. The predicted octanol–water partition coefficient (Wildman–Crippen LogP) is 5.79. The summed E-state index contributed by atoms with van der Waals surface area (Å²) in [5.41, 5.74) is 0. The lowest BCUT2D eigenvalue weighted by molar-refractivity contribution is -0.419. The van der Waals surface area contributed by atoms with E-state index in [0.717, 1.165) is 31.4 Å². The number of benzene rings is 1. The predicted molar refractivity (Wildman–Crippen MR) is 88.7 cm³/mol. The van der Waals surface area contributed by atoms with Crippen LogP contribution in [-0.2, 0) is 9.53 Å². The van der Waals surface area contributed by atoms with Gasteiger partial charge in [0.1, 0.15) is 11.5 Å². The van der Waals surface area contributed by atoms with E-state index < -0.39 is 47.3 Å². The molecule has 15 heteroatoms. The maximum atomic E-state index is 14.4. The van der Waals surface area contributed by atoms with Crippen LogP contribution in [0.1, 0.15) is 0 Å². The Balaban J connectivity index is 3.59. The summed E-state index contributed by atoms with van der Waals surface area (Å²) in [6.45, 7) is 0. The van der Waals surface area contributed by atoms with Gasteiger partial charge in [0, 0.05) is 6.08 Å². The number of rotatable bonds is 9. The molecule has 1 aromatic carbocycles. The van der Waals surface area contributed by atoms with E-state index in [9.17, 15) is 53.1 Å². The van der Waals surface area contributed by atoms with E-state index >= 15 is 0 Å². The Morgan fingerprint density at radius 2 is 1.24 bits per heavy atom. The molecule has 1 rings (SSSR count). The van der Waals surface area contributed by atoms with Crippen LogP contribution >= 0.6 is 0 Å². The lowest BCUT2D eigenvalue weighted by atomic mass is 9.96. The third kappa shape index (κ3) is 5.33. The van der Waals surface area contributed by atoms with Gasteiger partial charge in [-0.3, -0.25) is 0 Å². The minimum absolute atomic E-state index is 0.0897. The van der Waals surface area contributed by atoms with Crippen molar-refractivity contribution in [1.82, 2.24) is 0 Å². The molecule has 186 valence electrons. The van der Waals surface area contributed by atoms with Crippen molar-refractivity contribution >= 4 is 5.97 Å². The van der Waals surface area contributed by atoms with Crippen LogP contribution in [0.25, 0.3) is 0 Å². The topological polar surface area (TPSA) is 44.8 Å². The highest BCUT2D eigenvalue weighted by Crippen LogP contribution is 2.58. The largest absolute Gasteiger partial charge is 0.497 e. The van der Waals surface area contributed by atoms with Gasteiger partial charge in [0.05, 0.1) is 14.2 Å². The van der Waals surface area contributed by atoms with Gasteiger partial charge in [-0.05, 0) is 30.3 Å². The van der Waals surface area contributed by atoms with Gasteiger partial charge >= 0.3 is 35.8 Å². The molecule has 0 atom stereocenters. The maximum Gasteiger partial charge on any atom is 0.460 e. The molecule has 0 spiro atoms. The van der Waals surface area contributed by atoms with Crippen LogP contribution in [0.2, 0.25) is 0 Å². The minimum atomic E-state index is -7.63. The first-order valence-electron chi connectivity index (χ1n) is 8.23. The van der Waals surface area contributed by atoms with Crippen molar-refractivity contribution in [2.45, 2.75) is 29.9 Å². The monoisotopic (exact) mass is 502 g/mol. The number of esters is 1. The number of carbonyl (C=O) groups excluding carboxylic acids is 1. The quantitative estimate of drug-likeness (QED) is 0.141. The number of hydrogen-bond donors (Lipinski definition) is 0. The van der Waals surface area contributed by atoms with Gasteiger partial charge < -0.3 is 14.2 Å². The Morgan fingerprint density at radius 3 is 1.67 bits per heavy atom. The van der Waals surface area contributed by atoms with Gasteiger partial charge in [-0.1, -0.05) is 6.08 Å². The molecule has 1 aromatic rings. The molecule has 0 N–H and O–H groups in total. The summed E-state index contributed by atoms with van der Waals surface area (Å²) in [4.78, 5) is 11.0. The second-order valence-corrected chi connectivity index (χ2v) is 5.99. The molecule has 0 aromatic heterocycles. The van der Waals surface area contributed by atoms with E-state index in [1.165, 1.54) is 7.11 Å². The van der Waals surface area contributed by atoms with Crippen molar-refractivity contribution in [2.24, 2.45) is 0 Å². The van der Waals surface area contributed by atoms with E-state index in [0.29, 0.717) is 6.08 Å². The van der Waals surface area contributed by atoms with Crippen LogP contribution in [0.4, 0.5) is 48.3 Å². The first-order chi connectivity index (χ1) is 14.9. The van der Waals surface area contributed by atoms with Crippen LogP contribution in [0.3, 0.4) is 0 Å². The Bertz CT molecular complexity index is 888. The summed E-state index contributed by atoms with van der Waals surface area (Å²) >= 11 is 0. The Morgan fingerprint density at radius 1 is 0.758 bits per heavy atom. The summed E-state index contributed by atoms with van der Waals surface area (Å²) in [6, 6.07) is 3.65. The van der Waals surface area contributed by atoms with Crippen LogP contribution < -0.4 is 9.47 Å². The molecule has 0 saturated carbocycles. The molecular formula is C18H13F11O4. The molecule has 0 aliphatic rings. The molecule has 0 fully saturated rings. The molecule has 4 nitrogen and oxygen atoms in total. The molecule has 0 heterocycles. The number of hydrogen-bond acceptors (Lipinski definition) is 4. The van der Waals surface area contributed by atoms with E-state index in [4.69, 9.17) is 4.74 Å². The van der Waals surface area contributed by atoms with Crippen molar-refractivity contribution < 1.29 is 67.3 Å². The molecule has 0 saturated heterocycles. The van der Waals surface area contributed by atoms with Gasteiger partial charge in [-0.15, -0.1) is 0 Å². The summed E-state index contributed by atoms with van der Waals surface area (Å²) in [7, 11) is 1.99. The van der Waals surface area contributed by atoms with Crippen LogP contribution in [0.15, 0.2) is 48.3 Å². The average molecular weight is 502 g/mol. The lowest BCUT2D eigenvalue weighted by Gasteiger charge is -2.37. The van der Waals surface area contributed by atoms with Gasteiger partial charge in [0.25, 0.3) is 0 Å². The molecule has 0 bridgehead atoms. The smallest absolute Gasteiger partial charge is 0.460 e.